The molecule has 0 unspecified atom stereocenters. The molecule has 7 heteroatoms. The highest BCUT2D eigenvalue weighted by atomic mass is 35.5. The summed E-state index contributed by atoms with van der Waals surface area (Å²) < 4.78 is 6.50. The van der Waals surface area contributed by atoms with Gasteiger partial charge in [-0.15, -0.1) is 0 Å². The molecule has 3 rings (SSSR count). The average molecular weight is 381 g/mol. The third-order valence-electron chi connectivity index (χ3n) is 3.23. The van der Waals surface area contributed by atoms with Gasteiger partial charge in [-0.3, -0.25) is 4.79 Å². The van der Waals surface area contributed by atoms with Crippen LogP contribution < -0.4 is 10.1 Å². The Morgan fingerprint density at radius 1 is 1.12 bits per heavy atom. The first-order valence-electron chi connectivity index (χ1n) is 7.34. The van der Waals surface area contributed by atoms with Crippen molar-refractivity contribution in [1.82, 2.24) is 4.98 Å². The van der Waals surface area contributed by atoms with Crippen LogP contribution in [0.3, 0.4) is 0 Å². The third-order valence-corrected chi connectivity index (χ3v) is 4.65. The lowest BCUT2D eigenvalue weighted by Gasteiger charge is -2.06. The number of benzene rings is 2. The SMILES string of the molecule is O=C(CCCOc1ccc(Cl)cc1)Nc1nc2ccc(Cl)cc2s1. The number of hydrogen-bond donors (Lipinski definition) is 1. The topological polar surface area (TPSA) is 51.2 Å². The van der Waals surface area contributed by atoms with Crippen LogP contribution in [0.5, 0.6) is 5.75 Å². The second-order valence-corrected chi connectivity index (χ2v) is 6.99. The first kappa shape index (κ1) is 17.0. The zero-order valence-corrected chi connectivity index (χ0v) is 14.9. The van der Waals surface area contributed by atoms with Crippen LogP contribution in [0.4, 0.5) is 5.13 Å². The monoisotopic (exact) mass is 380 g/mol. The number of carbonyl (C=O) groups is 1. The number of halogens is 2. The van der Waals surface area contributed by atoms with Gasteiger partial charge in [-0.25, -0.2) is 4.98 Å². The number of hydrogen-bond acceptors (Lipinski definition) is 4. The van der Waals surface area contributed by atoms with Gasteiger partial charge in [-0.05, 0) is 48.9 Å². The molecular weight excluding hydrogens is 367 g/mol. The van der Waals surface area contributed by atoms with Crippen molar-refractivity contribution in [3.63, 3.8) is 0 Å². The summed E-state index contributed by atoms with van der Waals surface area (Å²) in [6.45, 7) is 0.463. The summed E-state index contributed by atoms with van der Waals surface area (Å²) >= 11 is 13.2. The molecule has 2 aromatic carbocycles. The molecular formula is C17H14Cl2N2O2S. The highest BCUT2D eigenvalue weighted by Gasteiger charge is 2.08. The van der Waals surface area contributed by atoms with Crippen LogP contribution in [-0.2, 0) is 4.79 Å². The predicted molar refractivity (Wildman–Crippen MR) is 99.4 cm³/mol. The molecule has 0 saturated carbocycles. The van der Waals surface area contributed by atoms with Crippen molar-refractivity contribution < 1.29 is 9.53 Å². The van der Waals surface area contributed by atoms with Gasteiger partial charge in [0.1, 0.15) is 5.75 Å². The standard InChI is InChI=1S/C17H14Cl2N2O2S/c18-11-3-6-13(7-4-11)23-9-1-2-16(22)21-17-20-14-8-5-12(19)10-15(14)24-17/h3-8,10H,1-2,9H2,(H,20,21,22). The van der Waals surface area contributed by atoms with E-state index in [4.69, 9.17) is 27.9 Å². The van der Waals surface area contributed by atoms with Crippen LogP contribution in [-0.4, -0.2) is 17.5 Å². The van der Waals surface area contributed by atoms with E-state index in [0.29, 0.717) is 34.6 Å². The van der Waals surface area contributed by atoms with Crippen molar-refractivity contribution in [2.24, 2.45) is 0 Å². The molecule has 0 saturated heterocycles. The van der Waals surface area contributed by atoms with Crippen molar-refractivity contribution in [2.75, 3.05) is 11.9 Å². The van der Waals surface area contributed by atoms with E-state index >= 15 is 0 Å². The van der Waals surface area contributed by atoms with E-state index in [2.05, 4.69) is 10.3 Å². The summed E-state index contributed by atoms with van der Waals surface area (Å²) in [7, 11) is 0. The fourth-order valence-corrected chi connectivity index (χ4v) is 3.37. The molecule has 24 heavy (non-hydrogen) atoms. The molecule has 0 atom stereocenters. The average Bonchev–Trinajstić information content (AvgIpc) is 2.94. The van der Waals surface area contributed by atoms with Crippen molar-refractivity contribution in [1.29, 1.82) is 0 Å². The van der Waals surface area contributed by atoms with Gasteiger partial charge < -0.3 is 10.1 Å². The number of carbonyl (C=O) groups excluding carboxylic acids is 1. The molecule has 4 nitrogen and oxygen atoms in total. The predicted octanol–water partition coefficient (Wildman–Crippen LogP) is 5.40. The van der Waals surface area contributed by atoms with Crippen LogP contribution in [0.25, 0.3) is 10.2 Å². The molecule has 124 valence electrons. The molecule has 1 amide bonds. The van der Waals surface area contributed by atoms with E-state index in [9.17, 15) is 4.79 Å². The first-order valence-corrected chi connectivity index (χ1v) is 8.92. The Balaban J connectivity index is 1.45. The van der Waals surface area contributed by atoms with E-state index in [1.165, 1.54) is 11.3 Å². The zero-order valence-electron chi connectivity index (χ0n) is 12.6. The number of thiazole rings is 1. The van der Waals surface area contributed by atoms with Crippen LogP contribution in [0.2, 0.25) is 10.0 Å². The summed E-state index contributed by atoms with van der Waals surface area (Å²) in [6.07, 6.45) is 0.982. The minimum absolute atomic E-state index is 0.0835. The Kier molecular flexibility index (Phi) is 5.56. The summed E-state index contributed by atoms with van der Waals surface area (Å²) in [4.78, 5) is 16.3. The quantitative estimate of drug-likeness (QED) is 0.582. The highest BCUT2D eigenvalue weighted by Crippen LogP contribution is 2.28. The van der Waals surface area contributed by atoms with Crippen LogP contribution in [0, 0.1) is 0 Å². The number of anilines is 1. The molecule has 1 aromatic heterocycles. The number of nitrogens with one attached hydrogen (secondary N) is 1. The molecule has 0 radical (unpaired) electrons. The molecule has 0 aliphatic heterocycles. The van der Waals surface area contributed by atoms with Crippen LogP contribution in [0.1, 0.15) is 12.8 Å². The smallest absolute Gasteiger partial charge is 0.226 e. The molecule has 1 heterocycles. The fourth-order valence-electron chi connectivity index (χ4n) is 2.09. The molecule has 0 fully saturated rings. The van der Waals surface area contributed by atoms with E-state index < -0.39 is 0 Å². The second-order valence-electron chi connectivity index (χ2n) is 5.09. The van der Waals surface area contributed by atoms with Gasteiger partial charge in [-0.1, -0.05) is 34.5 Å². The maximum absolute atomic E-state index is 12.0. The van der Waals surface area contributed by atoms with Crippen LogP contribution in [0.15, 0.2) is 42.5 Å². The van der Waals surface area contributed by atoms with E-state index in [1.54, 1.807) is 30.3 Å². The van der Waals surface area contributed by atoms with Crippen molar-refractivity contribution in [3.8, 4) is 5.75 Å². The van der Waals surface area contributed by atoms with Crippen molar-refractivity contribution in [3.05, 3.63) is 52.5 Å². The summed E-state index contributed by atoms with van der Waals surface area (Å²) in [5, 5.41) is 4.71. The Morgan fingerprint density at radius 2 is 1.88 bits per heavy atom. The van der Waals surface area contributed by atoms with Gasteiger partial charge in [0.05, 0.1) is 16.8 Å². The van der Waals surface area contributed by atoms with Gasteiger partial charge in [0, 0.05) is 16.5 Å². The van der Waals surface area contributed by atoms with E-state index in [0.717, 1.165) is 16.0 Å². The summed E-state index contributed by atoms with van der Waals surface area (Å²) in [5.74, 6) is 0.655. The molecule has 0 bridgehead atoms. The number of rotatable bonds is 6. The van der Waals surface area contributed by atoms with Gasteiger partial charge in [-0.2, -0.15) is 0 Å². The summed E-state index contributed by atoms with van der Waals surface area (Å²) in [5.41, 5.74) is 0.825. The Morgan fingerprint density at radius 3 is 2.67 bits per heavy atom. The molecule has 1 N–H and O–H groups in total. The highest BCUT2D eigenvalue weighted by molar-refractivity contribution is 7.22. The largest absolute Gasteiger partial charge is 0.494 e. The van der Waals surface area contributed by atoms with Gasteiger partial charge in [0.25, 0.3) is 0 Å². The van der Waals surface area contributed by atoms with Crippen molar-refractivity contribution >= 4 is 55.8 Å². The normalized spacial score (nSPS) is 10.8. The summed E-state index contributed by atoms with van der Waals surface area (Å²) in [6, 6.07) is 12.6. The number of fused-ring (bicyclic) bond motifs is 1. The first-order chi connectivity index (χ1) is 11.6. The van der Waals surface area contributed by atoms with Gasteiger partial charge in [0.15, 0.2) is 5.13 Å². The van der Waals surface area contributed by atoms with Gasteiger partial charge in [0.2, 0.25) is 5.91 Å². The van der Waals surface area contributed by atoms with E-state index in [1.807, 2.05) is 12.1 Å². The Bertz CT molecular complexity index is 849. The maximum atomic E-state index is 12.0. The fraction of sp³-hybridized carbons (Fsp3) is 0.176. The molecule has 0 aliphatic rings. The number of nitrogens with zero attached hydrogens (tertiary/aromatic N) is 1. The second kappa shape index (κ2) is 7.83. The molecule has 0 aliphatic carbocycles. The third kappa shape index (κ3) is 4.60. The minimum atomic E-state index is -0.0835. The Hall–Kier alpha value is -1.82. The zero-order chi connectivity index (χ0) is 16.9. The lowest BCUT2D eigenvalue weighted by atomic mass is 10.3. The van der Waals surface area contributed by atoms with Crippen molar-refractivity contribution in [2.45, 2.75) is 12.8 Å². The minimum Gasteiger partial charge on any atom is -0.494 e. The molecule has 0 spiro atoms. The maximum Gasteiger partial charge on any atom is 0.226 e. The Labute approximate surface area is 153 Å². The number of amides is 1. The van der Waals surface area contributed by atoms with Crippen LogP contribution >= 0.6 is 34.5 Å². The lowest BCUT2D eigenvalue weighted by Crippen LogP contribution is -2.12. The molecule has 3 aromatic rings. The van der Waals surface area contributed by atoms with Gasteiger partial charge >= 0.3 is 0 Å². The number of aromatic nitrogens is 1. The number of ether oxygens (including phenoxy) is 1. The lowest BCUT2D eigenvalue weighted by molar-refractivity contribution is -0.116. The van der Waals surface area contributed by atoms with E-state index in [-0.39, 0.29) is 5.91 Å².